The zero-order chi connectivity index (χ0) is 10.3. The van der Waals surface area contributed by atoms with E-state index in [0.717, 1.165) is 24.5 Å². The number of nitrogens with zero attached hydrogens (tertiary/aromatic N) is 1. The number of thioether (sulfide) groups is 1. The van der Waals surface area contributed by atoms with Crippen LogP contribution in [0.15, 0.2) is 0 Å². The molecule has 0 radical (unpaired) electrons. The number of nitrogens with two attached hydrogens (primary N) is 1. The molecule has 13 heavy (non-hydrogen) atoms. The molecule has 0 fully saturated rings. The van der Waals surface area contributed by atoms with Gasteiger partial charge in [0.05, 0.1) is 6.07 Å². The number of rotatable bonds is 6. The molecule has 0 aromatic carbocycles. The van der Waals surface area contributed by atoms with Gasteiger partial charge in [0.2, 0.25) is 0 Å². The van der Waals surface area contributed by atoms with E-state index in [4.69, 9.17) is 11.0 Å². The van der Waals surface area contributed by atoms with E-state index < -0.39 is 5.54 Å². The van der Waals surface area contributed by atoms with E-state index in [2.05, 4.69) is 19.9 Å². The molecule has 1 atom stereocenters. The fourth-order valence-corrected chi connectivity index (χ4v) is 1.90. The van der Waals surface area contributed by atoms with Gasteiger partial charge in [-0.1, -0.05) is 13.8 Å². The third-order valence-corrected chi connectivity index (χ3v) is 3.17. The highest BCUT2D eigenvalue weighted by atomic mass is 32.2. The zero-order valence-corrected chi connectivity index (χ0v) is 9.66. The Bertz CT molecular complexity index is 170. The first-order chi connectivity index (χ1) is 5.98. The summed E-state index contributed by atoms with van der Waals surface area (Å²) in [6.07, 6.45) is 1.84. The molecule has 0 bridgehead atoms. The summed E-state index contributed by atoms with van der Waals surface area (Å²) in [4.78, 5) is 0. The Kier molecular flexibility index (Phi) is 6.19. The van der Waals surface area contributed by atoms with E-state index in [1.165, 1.54) is 5.75 Å². The minimum Gasteiger partial charge on any atom is -0.314 e. The van der Waals surface area contributed by atoms with Crippen LogP contribution in [0.5, 0.6) is 0 Å². The lowest BCUT2D eigenvalue weighted by Gasteiger charge is -2.14. The Hall–Kier alpha value is -0.200. The minimum absolute atomic E-state index is 0.627. The predicted octanol–water partition coefficient (Wildman–Crippen LogP) is 2.40. The Morgan fingerprint density at radius 1 is 1.54 bits per heavy atom. The van der Waals surface area contributed by atoms with Crippen LogP contribution in [0.3, 0.4) is 0 Å². The van der Waals surface area contributed by atoms with Crippen molar-refractivity contribution in [1.82, 2.24) is 0 Å². The van der Waals surface area contributed by atoms with Gasteiger partial charge in [-0.2, -0.15) is 17.0 Å². The van der Waals surface area contributed by atoms with Gasteiger partial charge in [-0.25, -0.2) is 0 Å². The van der Waals surface area contributed by atoms with Gasteiger partial charge in [-0.3, -0.25) is 0 Å². The molecule has 2 N–H and O–H groups in total. The normalized spacial score (nSPS) is 15.4. The topological polar surface area (TPSA) is 49.8 Å². The number of hydrogen-bond donors (Lipinski definition) is 1. The zero-order valence-electron chi connectivity index (χ0n) is 8.84. The summed E-state index contributed by atoms with van der Waals surface area (Å²) < 4.78 is 0. The maximum Gasteiger partial charge on any atom is 0.101 e. The van der Waals surface area contributed by atoms with Crippen LogP contribution < -0.4 is 5.73 Å². The average Bonchev–Trinajstić information content (AvgIpc) is 2.03. The first-order valence-electron chi connectivity index (χ1n) is 4.76. The maximum atomic E-state index is 8.66. The van der Waals surface area contributed by atoms with Crippen LogP contribution in [0.1, 0.15) is 33.6 Å². The van der Waals surface area contributed by atoms with Crippen molar-refractivity contribution in [1.29, 1.82) is 5.26 Å². The first-order valence-corrected chi connectivity index (χ1v) is 5.91. The molecule has 0 aliphatic heterocycles. The van der Waals surface area contributed by atoms with E-state index in [9.17, 15) is 0 Å². The summed E-state index contributed by atoms with van der Waals surface area (Å²) in [7, 11) is 0. The molecule has 0 aromatic rings. The van der Waals surface area contributed by atoms with Crippen LogP contribution in [-0.4, -0.2) is 17.0 Å². The molecule has 0 spiro atoms. The molecule has 0 aromatic heterocycles. The van der Waals surface area contributed by atoms with Gasteiger partial charge >= 0.3 is 0 Å². The van der Waals surface area contributed by atoms with Crippen LogP contribution in [0.4, 0.5) is 0 Å². The summed E-state index contributed by atoms with van der Waals surface area (Å²) in [5.41, 5.74) is 5.06. The maximum absolute atomic E-state index is 8.66. The second-order valence-corrected chi connectivity index (χ2v) is 5.25. The minimum atomic E-state index is -0.627. The van der Waals surface area contributed by atoms with Crippen LogP contribution in [0.2, 0.25) is 0 Å². The van der Waals surface area contributed by atoms with Gasteiger partial charge in [-0.15, -0.1) is 0 Å². The van der Waals surface area contributed by atoms with Crippen molar-refractivity contribution in [3.63, 3.8) is 0 Å². The Labute approximate surface area is 85.9 Å². The fraction of sp³-hybridized carbons (Fsp3) is 0.900. The highest BCUT2D eigenvalue weighted by Crippen LogP contribution is 2.13. The second-order valence-electron chi connectivity index (χ2n) is 4.10. The molecule has 0 saturated carbocycles. The summed E-state index contributed by atoms with van der Waals surface area (Å²) in [5, 5.41) is 8.66. The van der Waals surface area contributed by atoms with Crippen LogP contribution >= 0.6 is 11.8 Å². The van der Waals surface area contributed by atoms with E-state index in [1.54, 1.807) is 6.92 Å². The van der Waals surface area contributed by atoms with Gasteiger partial charge in [0.25, 0.3) is 0 Å². The van der Waals surface area contributed by atoms with Crippen LogP contribution in [0.25, 0.3) is 0 Å². The Balaban J connectivity index is 3.32. The van der Waals surface area contributed by atoms with Crippen molar-refractivity contribution in [3.05, 3.63) is 0 Å². The lowest BCUT2D eigenvalue weighted by Crippen LogP contribution is -2.33. The largest absolute Gasteiger partial charge is 0.314 e. The molecular formula is C10H20N2S. The molecule has 0 amide bonds. The average molecular weight is 200 g/mol. The number of nitriles is 1. The lowest BCUT2D eigenvalue weighted by molar-refractivity contribution is 0.540. The third-order valence-electron chi connectivity index (χ3n) is 1.69. The standard InChI is InChI=1S/C10H20N2S/c1-9(2)7-13-6-4-5-10(3,12)8-11/h9H,4-7,12H2,1-3H3. The van der Waals surface area contributed by atoms with Gasteiger partial charge in [0.1, 0.15) is 5.54 Å². The molecule has 2 nitrogen and oxygen atoms in total. The highest BCUT2D eigenvalue weighted by molar-refractivity contribution is 7.99. The molecule has 76 valence electrons. The smallest absolute Gasteiger partial charge is 0.101 e. The molecule has 0 aliphatic rings. The van der Waals surface area contributed by atoms with Crippen molar-refractivity contribution < 1.29 is 0 Å². The molecule has 3 heteroatoms. The molecule has 0 rings (SSSR count). The Morgan fingerprint density at radius 3 is 2.62 bits per heavy atom. The third kappa shape index (κ3) is 8.14. The summed E-state index contributed by atoms with van der Waals surface area (Å²) in [5.74, 6) is 3.07. The summed E-state index contributed by atoms with van der Waals surface area (Å²) in [6, 6.07) is 2.11. The predicted molar refractivity (Wildman–Crippen MR) is 59.6 cm³/mol. The fourth-order valence-electron chi connectivity index (χ4n) is 0.916. The van der Waals surface area contributed by atoms with E-state index in [1.807, 2.05) is 11.8 Å². The van der Waals surface area contributed by atoms with Crippen molar-refractivity contribution >= 4 is 11.8 Å². The van der Waals surface area contributed by atoms with Crippen molar-refractivity contribution in [2.24, 2.45) is 11.7 Å². The van der Waals surface area contributed by atoms with E-state index in [-0.39, 0.29) is 0 Å². The molecule has 0 saturated heterocycles. The van der Waals surface area contributed by atoms with Crippen LogP contribution in [-0.2, 0) is 0 Å². The summed E-state index contributed by atoms with van der Waals surface area (Å²) >= 11 is 1.95. The first kappa shape index (κ1) is 12.8. The lowest BCUT2D eigenvalue weighted by atomic mass is 10.0. The quantitative estimate of drug-likeness (QED) is 0.670. The second kappa shape index (κ2) is 6.28. The summed E-state index contributed by atoms with van der Waals surface area (Å²) in [6.45, 7) is 6.23. The molecule has 0 heterocycles. The Morgan fingerprint density at radius 2 is 2.15 bits per heavy atom. The van der Waals surface area contributed by atoms with Crippen molar-refractivity contribution in [2.45, 2.75) is 39.2 Å². The monoisotopic (exact) mass is 200 g/mol. The van der Waals surface area contributed by atoms with Gasteiger partial charge in [0.15, 0.2) is 0 Å². The molecule has 0 aliphatic carbocycles. The van der Waals surface area contributed by atoms with Crippen molar-refractivity contribution in [3.8, 4) is 6.07 Å². The van der Waals surface area contributed by atoms with Gasteiger partial charge in [-0.05, 0) is 37.2 Å². The molecular weight excluding hydrogens is 180 g/mol. The van der Waals surface area contributed by atoms with Crippen LogP contribution in [0, 0.1) is 17.2 Å². The van der Waals surface area contributed by atoms with Crippen molar-refractivity contribution in [2.75, 3.05) is 11.5 Å². The van der Waals surface area contributed by atoms with E-state index >= 15 is 0 Å². The highest BCUT2D eigenvalue weighted by Gasteiger charge is 2.15. The number of hydrogen-bond acceptors (Lipinski definition) is 3. The molecule has 1 unspecified atom stereocenters. The van der Waals surface area contributed by atoms with Gasteiger partial charge < -0.3 is 5.73 Å². The van der Waals surface area contributed by atoms with E-state index in [0.29, 0.717) is 0 Å². The SMILES string of the molecule is CC(C)CSCCCC(C)(N)C#N. The van der Waals surface area contributed by atoms with Gasteiger partial charge in [0, 0.05) is 0 Å².